The van der Waals surface area contributed by atoms with Crippen LogP contribution in [0, 0.1) is 0 Å². The Labute approximate surface area is 86.1 Å². The standard InChI is InChI=1S/C12H20N2/c1-12(7-3-2-4-8-12)14-10-11-6-5-9-13-11/h5-6,9,13-14H,2-4,7-8,10H2,1H3. The molecular weight excluding hydrogens is 172 g/mol. The summed E-state index contributed by atoms with van der Waals surface area (Å²) in [6.45, 7) is 3.33. The second-order valence-corrected chi connectivity index (χ2v) is 4.67. The maximum absolute atomic E-state index is 3.67. The molecule has 0 radical (unpaired) electrons. The molecule has 1 aromatic heterocycles. The summed E-state index contributed by atoms with van der Waals surface area (Å²) in [4.78, 5) is 3.23. The van der Waals surface area contributed by atoms with Gasteiger partial charge < -0.3 is 10.3 Å². The fraction of sp³-hybridized carbons (Fsp3) is 0.667. The molecular formula is C12H20N2. The van der Waals surface area contributed by atoms with Crippen LogP contribution in [-0.4, -0.2) is 10.5 Å². The predicted molar refractivity (Wildman–Crippen MR) is 59.1 cm³/mol. The zero-order valence-electron chi connectivity index (χ0n) is 8.97. The predicted octanol–water partition coefficient (Wildman–Crippen LogP) is 2.83. The highest BCUT2D eigenvalue weighted by Crippen LogP contribution is 2.27. The highest BCUT2D eigenvalue weighted by molar-refractivity contribution is 5.04. The molecule has 0 spiro atoms. The molecule has 0 saturated heterocycles. The van der Waals surface area contributed by atoms with E-state index in [0.29, 0.717) is 5.54 Å². The van der Waals surface area contributed by atoms with Gasteiger partial charge in [-0.05, 0) is 31.9 Å². The lowest BCUT2D eigenvalue weighted by molar-refractivity contribution is 0.251. The van der Waals surface area contributed by atoms with Crippen LogP contribution in [0.1, 0.15) is 44.7 Å². The summed E-state index contributed by atoms with van der Waals surface area (Å²) in [5.74, 6) is 0. The van der Waals surface area contributed by atoms with Crippen LogP contribution in [-0.2, 0) is 6.54 Å². The molecule has 0 bridgehead atoms. The van der Waals surface area contributed by atoms with Gasteiger partial charge in [-0.3, -0.25) is 0 Å². The third-order valence-electron chi connectivity index (χ3n) is 3.33. The maximum atomic E-state index is 3.67. The first-order chi connectivity index (χ1) is 6.79. The molecule has 1 saturated carbocycles. The molecule has 2 nitrogen and oxygen atoms in total. The van der Waals surface area contributed by atoms with Crippen molar-refractivity contribution in [1.82, 2.24) is 10.3 Å². The topological polar surface area (TPSA) is 27.8 Å². The molecule has 1 aliphatic carbocycles. The molecule has 0 amide bonds. The van der Waals surface area contributed by atoms with E-state index in [4.69, 9.17) is 0 Å². The highest BCUT2D eigenvalue weighted by atomic mass is 15.0. The maximum Gasteiger partial charge on any atom is 0.0361 e. The van der Waals surface area contributed by atoms with Crippen LogP contribution in [0.2, 0.25) is 0 Å². The quantitative estimate of drug-likeness (QED) is 0.757. The lowest BCUT2D eigenvalue weighted by Gasteiger charge is -2.34. The van der Waals surface area contributed by atoms with E-state index in [-0.39, 0.29) is 0 Å². The SMILES string of the molecule is CC1(NCc2ccc[nH]2)CCCCC1. The normalized spacial score (nSPS) is 20.9. The highest BCUT2D eigenvalue weighted by Gasteiger charge is 2.25. The smallest absolute Gasteiger partial charge is 0.0361 e. The summed E-state index contributed by atoms with van der Waals surface area (Å²) in [6, 6.07) is 4.19. The zero-order chi connectivity index (χ0) is 9.86. The Morgan fingerprint density at radius 2 is 2.14 bits per heavy atom. The largest absolute Gasteiger partial charge is 0.364 e. The van der Waals surface area contributed by atoms with Crippen LogP contribution in [0.5, 0.6) is 0 Å². The summed E-state index contributed by atoms with van der Waals surface area (Å²) in [7, 11) is 0. The van der Waals surface area contributed by atoms with Gasteiger partial charge in [-0.15, -0.1) is 0 Å². The lowest BCUT2D eigenvalue weighted by Crippen LogP contribution is -2.43. The monoisotopic (exact) mass is 192 g/mol. The van der Waals surface area contributed by atoms with E-state index in [9.17, 15) is 0 Å². The Hall–Kier alpha value is -0.760. The third kappa shape index (κ3) is 2.38. The summed E-state index contributed by atoms with van der Waals surface area (Å²) in [5.41, 5.74) is 1.67. The van der Waals surface area contributed by atoms with Crippen molar-refractivity contribution < 1.29 is 0 Å². The molecule has 1 fully saturated rings. The number of H-pyrrole nitrogens is 1. The van der Waals surface area contributed by atoms with E-state index in [0.717, 1.165) is 6.54 Å². The first-order valence-electron chi connectivity index (χ1n) is 5.66. The first kappa shape index (κ1) is 9.78. The van der Waals surface area contributed by atoms with E-state index in [1.165, 1.54) is 37.8 Å². The minimum absolute atomic E-state index is 0.378. The molecule has 0 atom stereocenters. The number of nitrogens with one attached hydrogen (secondary N) is 2. The van der Waals surface area contributed by atoms with Crippen LogP contribution >= 0.6 is 0 Å². The minimum atomic E-state index is 0.378. The summed E-state index contributed by atoms with van der Waals surface area (Å²) < 4.78 is 0. The van der Waals surface area contributed by atoms with E-state index in [1.807, 2.05) is 6.20 Å². The van der Waals surface area contributed by atoms with Crippen LogP contribution < -0.4 is 5.32 Å². The Morgan fingerprint density at radius 3 is 2.79 bits per heavy atom. The van der Waals surface area contributed by atoms with Crippen LogP contribution in [0.4, 0.5) is 0 Å². The van der Waals surface area contributed by atoms with Crippen molar-refractivity contribution in [3.05, 3.63) is 24.0 Å². The Kier molecular flexibility index (Phi) is 2.92. The molecule has 0 aromatic carbocycles. The molecule has 2 N–H and O–H groups in total. The second-order valence-electron chi connectivity index (χ2n) is 4.67. The molecule has 1 heterocycles. The number of aromatic nitrogens is 1. The minimum Gasteiger partial charge on any atom is -0.364 e. The van der Waals surface area contributed by atoms with Gasteiger partial charge >= 0.3 is 0 Å². The molecule has 1 aromatic rings. The van der Waals surface area contributed by atoms with Gasteiger partial charge in [-0.1, -0.05) is 19.3 Å². The van der Waals surface area contributed by atoms with Crippen LogP contribution in [0.15, 0.2) is 18.3 Å². The Bertz CT molecular complexity index is 258. The van der Waals surface area contributed by atoms with Gasteiger partial charge in [-0.2, -0.15) is 0 Å². The van der Waals surface area contributed by atoms with Crippen molar-refractivity contribution in [2.75, 3.05) is 0 Å². The lowest BCUT2D eigenvalue weighted by atomic mass is 9.83. The van der Waals surface area contributed by atoms with Gasteiger partial charge in [0.05, 0.1) is 0 Å². The number of aromatic amines is 1. The molecule has 1 aliphatic rings. The summed E-state index contributed by atoms with van der Waals surface area (Å²) >= 11 is 0. The van der Waals surface area contributed by atoms with E-state index in [1.54, 1.807) is 0 Å². The molecule has 78 valence electrons. The van der Waals surface area contributed by atoms with E-state index >= 15 is 0 Å². The Morgan fingerprint density at radius 1 is 1.36 bits per heavy atom. The van der Waals surface area contributed by atoms with Gasteiger partial charge in [-0.25, -0.2) is 0 Å². The molecule has 0 unspecified atom stereocenters. The number of rotatable bonds is 3. The van der Waals surface area contributed by atoms with Gasteiger partial charge in [0.1, 0.15) is 0 Å². The number of hydrogen-bond donors (Lipinski definition) is 2. The number of hydrogen-bond acceptors (Lipinski definition) is 1. The van der Waals surface area contributed by atoms with Gasteiger partial charge in [0.25, 0.3) is 0 Å². The fourth-order valence-corrected chi connectivity index (χ4v) is 2.29. The summed E-state index contributed by atoms with van der Waals surface area (Å²) in [6.07, 6.45) is 8.82. The zero-order valence-corrected chi connectivity index (χ0v) is 8.97. The van der Waals surface area contributed by atoms with Crippen molar-refractivity contribution >= 4 is 0 Å². The first-order valence-corrected chi connectivity index (χ1v) is 5.66. The van der Waals surface area contributed by atoms with Crippen molar-refractivity contribution in [3.8, 4) is 0 Å². The third-order valence-corrected chi connectivity index (χ3v) is 3.33. The molecule has 2 heteroatoms. The summed E-state index contributed by atoms with van der Waals surface area (Å²) in [5, 5.41) is 3.67. The molecule has 0 aliphatic heterocycles. The van der Waals surface area contributed by atoms with Crippen molar-refractivity contribution in [1.29, 1.82) is 0 Å². The van der Waals surface area contributed by atoms with Crippen LogP contribution in [0.3, 0.4) is 0 Å². The molecule has 14 heavy (non-hydrogen) atoms. The van der Waals surface area contributed by atoms with Gasteiger partial charge in [0, 0.05) is 24.0 Å². The van der Waals surface area contributed by atoms with E-state index < -0.39 is 0 Å². The van der Waals surface area contributed by atoms with Crippen molar-refractivity contribution in [3.63, 3.8) is 0 Å². The second kappa shape index (κ2) is 4.18. The van der Waals surface area contributed by atoms with Crippen molar-refractivity contribution in [2.24, 2.45) is 0 Å². The van der Waals surface area contributed by atoms with E-state index in [2.05, 4.69) is 29.4 Å². The van der Waals surface area contributed by atoms with Crippen molar-refractivity contribution in [2.45, 2.75) is 51.1 Å². The molecule has 2 rings (SSSR count). The average Bonchev–Trinajstić information content (AvgIpc) is 2.69. The Balaban J connectivity index is 1.84. The van der Waals surface area contributed by atoms with Crippen LogP contribution in [0.25, 0.3) is 0 Å². The average molecular weight is 192 g/mol. The fourth-order valence-electron chi connectivity index (χ4n) is 2.29. The van der Waals surface area contributed by atoms with Gasteiger partial charge in [0.2, 0.25) is 0 Å². The van der Waals surface area contributed by atoms with Gasteiger partial charge in [0.15, 0.2) is 0 Å².